The van der Waals surface area contributed by atoms with E-state index in [4.69, 9.17) is 9.84 Å². The van der Waals surface area contributed by atoms with Crippen molar-refractivity contribution in [2.45, 2.75) is 13.8 Å². The Morgan fingerprint density at radius 1 is 0.968 bits per heavy atom. The summed E-state index contributed by atoms with van der Waals surface area (Å²) in [5, 5.41) is 14.4. The molecule has 0 fully saturated rings. The first-order valence-corrected chi connectivity index (χ1v) is 9.11. The number of carbonyl (C=O) groups is 1. The zero-order valence-corrected chi connectivity index (χ0v) is 17.5. The third-order valence-corrected chi connectivity index (χ3v) is 4.67. The molecule has 4 rings (SSSR count). The predicted molar refractivity (Wildman–Crippen MR) is 114 cm³/mol. The number of hydrogen-bond acceptors (Lipinski definition) is 6. The summed E-state index contributed by atoms with van der Waals surface area (Å²) in [7, 11) is 0. The molecule has 8 heteroatoms. The topological polar surface area (TPSA) is 114 Å². The minimum atomic E-state index is -0.961. The molecule has 31 heavy (non-hydrogen) atoms. The summed E-state index contributed by atoms with van der Waals surface area (Å²) in [6, 6.07) is 18.5. The zero-order valence-electron chi connectivity index (χ0n) is 17.5. The number of rotatable bonds is 5. The molecule has 7 nitrogen and oxygen atoms in total. The van der Waals surface area contributed by atoms with Crippen LogP contribution >= 0.6 is 0 Å². The van der Waals surface area contributed by atoms with Gasteiger partial charge in [0.25, 0.3) is 0 Å². The van der Waals surface area contributed by atoms with E-state index in [-0.39, 0.29) is 29.9 Å². The molecule has 0 aliphatic carbocycles. The molecule has 1 heterocycles. The van der Waals surface area contributed by atoms with Crippen molar-refractivity contribution in [3.63, 3.8) is 0 Å². The summed E-state index contributed by atoms with van der Waals surface area (Å²) in [4.78, 5) is 19.8. The third-order valence-electron chi connectivity index (χ3n) is 4.67. The van der Waals surface area contributed by atoms with E-state index in [2.05, 4.69) is 28.3 Å². The zero-order chi connectivity index (χ0) is 20.4. The molecule has 0 spiro atoms. The Balaban J connectivity index is 0.00000171. The summed E-state index contributed by atoms with van der Waals surface area (Å²) < 4.78 is 6.04. The van der Waals surface area contributed by atoms with Crippen LogP contribution in [-0.4, -0.2) is 26.5 Å². The number of carboxylic acids is 1. The number of ether oxygens (including phenoxy) is 1. The third kappa shape index (κ3) is 5.22. The number of aryl methyl sites for hydroxylation is 2. The van der Waals surface area contributed by atoms with E-state index in [1.807, 2.05) is 37.3 Å². The van der Waals surface area contributed by atoms with Crippen LogP contribution in [0.1, 0.15) is 21.5 Å². The SMILES string of the molecule is Cc1cc(C(=O)O)ccc1Nc1nccc(Oc2ccc(C)c3ccccc23)n1.[Li+].[OH-]. The van der Waals surface area contributed by atoms with Crippen LogP contribution in [0.15, 0.2) is 66.9 Å². The van der Waals surface area contributed by atoms with Gasteiger partial charge in [-0.3, -0.25) is 0 Å². The Morgan fingerprint density at radius 3 is 2.42 bits per heavy atom. The minimum absolute atomic E-state index is 0. The van der Waals surface area contributed by atoms with Gasteiger partial charge in [0.2, 0.25) is 11.8 Å². The Hall–Kier alpha value is -3.37. The van der Waals surface area contributed by atoms with Crippen molar-refractivity contribution in [1.29, 1.82) is 0 Å². The second kappa shape index (κ2) is 10.1. The maximum absolute atomic E-state index is 11.1. The number of fused-ring (bicyclic) bond motifs is 1. The maximum atomic E-state index is 11.1. The Kier molecular flexibility index (Phi) is 7.78. The fourth-order valence-electron chi connectivity index (χ4n) is 3.14. The minimum Gasteiger partial charge on any atom is -0.870 e. The van der Waals surface area contributed by atoms with Crippen LogP contribution < -0.4 is 28.9 Å². The molecule has 1 aromatic heterocycles. The fraction of sp³-hybridized carbons (Fsp3) is 0.0870. The number of nitrogens with one attached hydrogen (secondary N) is 1. The number of aromatic carboxylic acids is 1. The molecule has 0 atom stereocenters. The second-order valence-corrected chi connectivity index (χ2v) is 6.71. The molecule has 0 radical (unpaired) electrons. The summed E-state index contributed by atoms with van der Waals surface area (Å²) in [5.74, 6) is 0.538. The molecular formula is C23H20LiN3O4. The summed E-state index contributed by atoms with van der Waals surface area (Å²) >= 11 is 0. The number of aromatic nitrogens is 2. The number of hydrogen-bond donors (Lipinski definition) is 2. The Labute approximate surface area is 191 Å². The van der Waals surface area contributed by atoms with Crippen LogP contribution in [0.5, 0.6) is 11.6 Å². The average Bonchev–Trinajstić information content (AvgIpc) is 2.72. The molecule has 0 aliphatic rings. The van der Waals surface area contributed by atoms with Crippen LogP contribution in [0.4, 0.5) is 11.6 Å². The largest absolute Gasteiger partial charge is 1.00 e. The van der Waals surface area contributed by atoms with Gasteiger partial charge in [0.05, 0.1) is 5.56 Å². The van der Waals surface area contributed by atoms with E-state index in [0.717, 1.165) is 27.8 Å². The van der Waals surface area contributed by atoms with Gasteiger partial charge in [0.1, 0.15) is 5.75 Å². The number of carboxylic acid groups (broad SMARTS) is 1. The smallest absolute Gasteiger partial charge is 0.870 e. The van der Waals surface area contributed by atoms with Crippen LogP contribution in [0.3, 0.4) is 0 Å². The molecule has 0 saturated heterocycles. The first-order chi connectivity index (χ1) is 14.0. The fourth-order valence-corrected chi connectivity index (χ4v) is 3.14. The van der Waals surface area contributed by atoms with Gasteiger partial charge in [-0.1, -0.05) is 30.3 Å². The van der Waals surface area contributed by atoms with E-state index in [0.29, 0.717) is 11.8 Å². The molecule has 4 aromatic rings. The van der Waals surface area contributed by atoms with Crippen molar-refractivity contribution in [3.05, 3.63) is 83.6 Å². The molecule has 3 N–H and O–H groups in total. The first kappa shape index (κ1) is 23.9. The maximum Gasteiger partial charge on any atom is 1.00 e. The van der Waals surface area contributed by atoms with Crippen LogP contribution in [-0.2, 0) is 0 Å². The monoisotopic (exact) mass is 409 g/mol. The normalized spacial score (nSPS) is 10.0. The van der Waals surface area contributed by atoms with Gasteiger partial charge in [0, 0.05) is 23.3 Å². The van der Waals surface area contributed by atoms with Crippen molar-refractivity contribution >= 4 is 28.4 Å². The summed E-state index contributed by atoms with van der Waals surface area (Å²) in [6.07, 6.45) is 1.61. The van der Waals surface area contributed by atoms with Crippen LogP contribution in [0, 0.1) is 13.8 Å². The molecule has 0 aliphatic heterocycles. The summed E-state index contributed by atoms with van der Waals surface area (Å²) in [6.45, 7) is 3.89. The van der Waals surface area contributed by atoms with Gasteiger partial charge in [-0.25, -0.2) is 9.78 Å². The number of nitrogens with zero attached hydrogens (tertiary/aromatic N) is 2. The van der Waals surface area contributed by atoms with Crippen molar-refractivity contribution in [1.82, 2.24) is 9.97 Å². The van der Waals surface area contributed by atoms with Crippen LogP contribution in [0.2, 0.25) is 0 Å². The quantitative estimate of drug-likeness (QED) is 0.486. The van der Waals surface area contributed by atoms with Gasteiger partial charge in [-0.15, -0.1) is 0 Å². The van der Waals surface area contributed by atoms with Gasteiger partial charge >= 0.3 is 24.8 Å². The van der Waals surface area contributed by atoms with Crippen molar-refractivity contribution in [2.75, 3.05) is 5.32 Å². The number of anilines is 2. The molecule has 0 saturated carbocycles. The molecule has 0 amide bonds. The van der Waals surface area contributed by atoms with E-state index in [1.165, 1.54) is 11.6 Å². The first-order valence-electron chi connectivity index (χ1n) is 9.11. The van der Waals surface area contributed by atoms with Gasteiger partial charge < -0.3 is 20.6 Å². The molecule has 0 bridgehead atoms. The molecule has 3 aromatic carbocycles. The van der Waals surface area contributed by atoms with E-state index >= 15 is 0 Å². The average molecular weight is 409 g/mol. The Morgan fingerprint density at radius 2 is 1.71 bits per heavy atom. The van der Waals surface area contributed by atoms with Crippen LogP contribution in [0.25, 0.3) is 10.8 Å². The predicted octanol–water partition coefficient (Wildman–Crippen LogP) is 2.31. The van der Waals surface area contributed by atoms with Gasteiger partial charge in [-0.05, 0) is 54.6 Å². The van der Waals surface area contributed by atoms with Crippen molar-refractivity contribution < 1.29 is 39.0 Å². The summed E-state index contributed by atoms with van der Waals surface area (Å²) in [5.41, 5.74) is 2.92. The van der Waals surface area contributed by atoms with E-state index < -0.39 is 5.97 Å². The molecule has 0 unspecified atom stereocenters. The molecule has 152 valence electrons. The van der Waals surface area contributed by atoms with E-state index in [9.17, 15) is 4.79 Å². The second-order valence-electron chi connectivity index (χ2n) is 6.71. The standard InChI is InChI=1S/C23H19N3O3.Li.H2O/c1-14-7-10-20(18-6-4-3-5-17(14)18)29-21-11-12-24-23(26-21)25-19-9-8-16(22(27)28)13-15(19)2;;/h3-13H,1-2H3,(H,27,28)(H,24,25,26);;1H2/q;+1;/p-1. The van der Waals surface area contributed by atoms with Gasteiger partial charge in [0.15, 0.2) is 0 Å². The molecular weight excluding hydrogens is 389 g/mol. The van der Waals surface area contributed by atoms with Crippen molar-refractivity contribution in [2.24, 2.45) is 0 Å². The van der Waals surface area contributed by atoms with Gasteiger partial charge in [-0.2, -0.15) is 4.98 Å². The van der Waals surface area contributed by atoms with Crippen molar-refractivity contribution in [3.8, 4) is 11.6 Å². The Bertz CT molecular complexity index is 1230. The number of benzene rings is 3. The van der Waals surface area contributed by atoms with E-state index in [1.54, 1.807) is 24.4 Å².